The average molecular weight is 303 g/mol. The number of carbonyl (C=O) groups is 1. The van der Waals surface area contributed by atoms with Crippen molar-refractivity contribution in [2.75, 3.05) is 0 Å². The van der Waals surface area contributed by atoms with E-state index in [4.69, 9.17) is 0 Å². The summed E-state index contributed by atoms with van der Waals surface area (Å²) in [5.41, 5.74) is 2.49. The maximum absolute atomic E-state index is 12.5. The number of aromatic nitrogens is 2. The number of benzene rings is 2. The molecule has 98 valence electrons. The summed E-state index contributed by atoms with van der Waals surface area (Å²) in [5, 5.41) is 9.39. The van der Waals surface area contributed by atoms with Crippen molar-refractivity contribution in [3.8, 4) is 6.07 Å². The number of rotatable bonds is 3. The van der Waals surface area contributed by atoms with E-state index in [0.29, 0.717) is 22.2 Å². The van der Waals surface area contributed by atoms with E-state index in [-0.39, 0.29) is 36.8 Å². The summed E-state index contributed by atoms with van der Waals surface area (Å²) >= 11 is 1.08. The first-order valence-corrected chi connectivity index (χ1v) is 6.74. The summed E-state index contributed by atoms with van der Waals surface area (Å²) in [6, 6.07) is 16.3. The van der Waals surface area contributed by atoms with Crippen LogP contribution in [0.5, 0.6) is 0 Å². The van der Waals surface area contributed by atoms with Crippen molar-refractivity contribution in [2.45, 2.75) is 5.92 Å². The van der Waals surface area contributed by atoms with E-state index in [1.54, 1.807) is 36.4 Å². The SMILES string of the molecule is N#CC(C(=O)c1ccccc1)c1cccc2nsnc12.[H-].[Na+]. The second kappa shape index (κ2) is 6.92. The van der Waals surface area contributed by atoms with Crippen molar-refractivity contribution in [3.05, 3.63) is 59.7 Å². The van der Waals surface area contributed by atoms with Crippen LogP contribution in [0.1, 0.15) is 23.3 Å². The Morgan fingerprint density at radius 2 is 1.90 bits per heavy atom. The van der Waals surface area contributed by atoms with E-state index < -0.39 is 5.92 Å². The maximum Gasteiger partial charge on any atom is 1.00 e. The van der Waals surface area contributed by atoms with Gasteiger partial charge in [0.2, 0.25) is 0 Å². The van der Waals surface area contributed by atoms with Gasteiger partial charge in [-0.25, -0.2) is 0 Å². The van der Waals surface area contributed by atoms with Gasteiger partial charge < -0.3 is 1.43 Å². The number of ketones is 1. The van der Waals surface area contributed by atoms with Crippen LogP contribution in [-0.4, -0.2) is 14.5 Å². The third kappa shape index (κ3) is 3.04. The van der Waals surface area contributed by atoms with Gasteiger partial charge in [0.25, 0.3) is 0 Å². The Labute approximate surface area is 149 Å². The fraction of sp³-hybridized carbons (Fsp3) is 0.0667. The summed E-state index contributed by atoms with van der Waals surface area (Å²) in [7, 11) is 0. The molecule has 1 atom stereocenters. The van der Waals surface area contributed by atoms with Crippen LogP contribution in [0, 0.1) is 11.3 Å². The maximum atomic E-state index is 12.5. The molecule has 0 fully saturated rings. The molecule has 0 bridgehead atoms. The van der Waals surface area contributed by atoms with E-state index >= 15 is 0 Å². The molecule has 3 aromatic rings. The number of nitrogens with zero attached hydrogens (tertiary/aromatic N) is 3. The standard InChI is InChI=1S/C15H9N3OS.Na.H/c16-9-12(15(19)10-5-2-1-3-6-10)11-7-4-8-13-14(11)18-20-17-13;;/h1-8,12H;;/q;+1;-1. The molecule has 0 N–H and O–H groups in total. The number of fused-ring (bicyclic) bond motifs is 1. The first kappa shape index (κ1) is 15.8. The molecule has 0 saturated heterocycles. The number of hydrogen-bond acceptors (Lipinski definition) is 5. The summed E-state index contributed by atoms with van der Waals surface area (Å²) < 4.78 is 8.33. The zero-order valence-corrected chi connectivity index (χ0v) is 14.2. The molecule has 0 saturated carbocycles. The Morgan fingerprint density at radius 1 is 1.14 bits per heavy atom. The summed E-state index contributed by atoms with van der Waals surface area (Å²) in [6.07, 6.45) is 0. The fourth-order valence-corrected chi connectivity index (χ4v) is 2.66. The van der Waals surface area contributed by atoms with E-state index in [0.717, 1.165) is 11.7 Å². The van der Waals surface area contributed by atoms with Crippen molar-refractivity contribution < 1.29 is 35.8 Å². The largest absolute Gasteiger partial charge is 1.00 e. The van der Waals surface area contributed by atoms with Gasteiger partial charge in [-0.3, -0.25) is 4.79 Å². The molecule has 0 spiro atoms. The second-order valence-electron chi connectivity index (χ2n) is 4.27. The van der Waals surface area contributed by atoms with Crippen LogP contribution in [-0.2, 0) is 0 Å². The molecule has 1 unspecified atom stereocenters. The Bertz CT molecular complexity index is 816. The Hall–Kier alpha value is -1.58. The Morgan fingerprint density at radius 3 is 2.62 bits per heavy atom. The van der Waals surface area contributed by atoms with Crippen LogP contribution in [0.2, 0.25) is 0 Å². The van der Waals surface area contributed by atoms with Crippen LogP contribution >= 0.6 is 11.7 Å². The van der Waals surface area contributed by atoms with Crippen molar-refractivity contribution in [2.24, 2.45) is 0 Å². The van der Waals surface area contributed by atoms with Crippen LogP contribution in [0.25, 0.3) is 11.0 Å². The minimum atomic E-state index is -0.856. The van der Waals surface area contributed by atoms with Crippen LogP contribution in [0.4, 0.5) is 0 Å². The van der Waals surface area contributed by atoms with Crippen LogP contribution in [0.15, 0.2) is 48.5 Å². The van der Waals surface area contributed by atoms with Gasteiger partial charge in [0.05, 0.1) is 17.8 Å². The molecule has 2 aromatic carbocycles. The third-order valence-electron chi connectivity index (χ3n) is 3.08. The minimum absolute atomic E-state index is 0. The van der Waals surface area contributed by atoms with Gasteiger partial charge in [-0.2, -0.15) is 14.0 Å². The predicted molar refractivity (Wildman–Crippen MR) is 77.7 cm³/mol. The normalized spacial score (nSPS) is 11.4. The molecule has 4 nitrogen and oxygen atoms in total. The fourth-order valence-electron chi connectivity index (χ4n) is 2.10. The van der Waals surface area contributed by atoms with E-state index in [1.165, 1.54) is 0 Å². The molecule has 0 radical (unpaired) electrons. The smallest absolute Gasteiger partial charge is 1.00 e. The van der Waals surface area contributed by atoms with Gasteiger partial charge in [-0.1, -0.05) is 42.5 Å². The molecule has 1 aromatic heterocycles. The first-order valence-electron chi connectivity index (χ1n) is 6.01. The number of carbonyl (C=O) groups excluding carboxylic acids is 1. The monoisotopic (exact) mass is 303 g/mol. The van der Waals surface area contributed by atoms with Crippen molar-refractivity contribution >= 4 is 28.5 Å². The quantitative estimate of drug-likeness (QED) is 0.515. The topological polar surface area (TPSA) is 66.6 Å². The molecule has 0 aliphatic rings. The Kier molecular flexibility index (Phi) is 5.21. The zero-order chi connectivity index (χ0) is 13.9. The zero-order valence-electron chi connectivity index (χ0n) is 12.4. The molecular formula is C15H10N3NaOS. The van der Waals surface area contributed by atoms with Crippen molar-refractivity contribution in [3.63, 3.8) is 0 Å². The van der Waals surface area contributed by atoms with Gasteiger partial charge in [-0.05, 0) is 6.07 Å². The average Bonchev–Trinajstić information content (AvgIpc) is 2.98. The predicted octanol–water partition coefficient (Wildman–Crippen LogP) is 0.298. The van der Waals surface area contributed by atoms with E-state index in [1.807, 2.05) is 12.1 Å². The molecular weight excluding hydrogens is 293 g/mol. The third-order valence-corrected chi connectivity index (χ3v) is 3.62. The van der Waals surface area contributed by atoms with Gasteiger partial charge >= 0.3 is 29.6 Å². The number of nitriles is 1. The van der Waals surface area contributed by atoms with E-state index in [9.17, 15) is 10.1 Å². The van der Waals surface area contributed by atoms with Crippen molar-refractivity contribution in [1.82, 2.24) is 8.75 Å². The number of hydrogen-bond donors (Lipinski definition) is 0. The molecule has 0 aliphatic heterocycles. The summed E-state index contributed by atoms with van der Waals surface area (Å²) in [6.45, 7) is 0. The molecule has 6 heteroatoms. The molecule has 3 rings (SSSR count). The molecule has 0 aliphatic carbocycles. The van der Waals surface area contributed by atoms with Gasteiger partial charge in [0.1, 0.15) is 17.0 Å². The second-order valence-corrected chi connectivity index (χ2v) is 4.80. The van der Waals surface area contributed by atoms with E-state index in [2.05, 4.69) is 14.8 Å². The van der Waals surface area contributed by atoms with Gasteiger partial charge in [0.15, 0.2) is 5.78 Å². The summed E-state index contributed by atoms with van der Waals surface area (Å²) in [4.78, 5) is 12.5. The number of Topliss-reactive ketones (excluding diaryl/α,β-unsaturated/α-hetero) is 1. The van der Waals surface area contributed by atoms with Gasteiger partial charge in [-0.15, -0.1) is 0 Å². The summed E-state index contributed by atoms with van der Waals surface area (Å²) in [5.74, 6) is -1.07. The molecule has 1 heterocycles. The van der Waals surface area contributed by atoms with Crippen LogP contribution < -0.4 is 29.6 Å². The first-order chi connectivity index (χ1) is 9.81. The van der Waals surface area contributed by atoms with Crippen LogP contribution in [0.3, 0.4) is 0 Å². The van der Waals surface area contributed by atoms with Crippen molar-refractivity contribution in [1.29, 1.82) is 5.26 Å². The molecule has 0 amide bonds. The molecule has 21 heavy (non-hydrogen) atoms. The Balaban J connectivity index is 0.00000121. The minimum Gasteiger partial charge on any atom is -1.00 e. The van der Waals surface area contributed by atoms with Gasteiger partial charge in [0, 0.05) is 11.1 Å².